The third-order valence-corrected chi connectivity index (χ3v) is 3.05. The van der Waals surface area contributed by atoms with Gasteiger partial charge in [-0.25, -0.2) is 4.39 Å². The SMILES string of the molecule is CCC(CC(N)=NO)NC(C)Cc1ccc(F)cc1. The van der Waals surface area contributed by atoms with Crippen LogP contribution in [0.4, 0.5) is 4.39 Å². The fourth-order valence-electron chi connectivity index (χ4n) is 2.05. The molecule has 1 aromatic rings. The van der Waals surface area contributed by atoms with E-state index in [4.69, 9.17) is 10.9 Å². The Morgan fingerprint density at radius 1 is 1.42 bits per heavy atom. The first-order chi connectivity index (χ1) is 9.05. The maximum atomic E-state index is 12.8. The van der Waals surface area contributed by atoms with E-state index in [0.29, 0.717) is 6.42 Å². The number of nitrogens with two attached hydrogens (primary N) is 1. The van der Waals surface area contributed by atoms with Crippen LogP contribution in [-0.4, -0.2) is 23.1 Å². The normalized spacial score (nSPS) is 15.2. The maximum absolute atomic E-state index is 12.8. The summed E-state index contributed by atoms with van der Waals surface area (Å²) in [5, 5.41) is 15.0. The average Bonchev–Trinajstić information content (AvgIpc) is 2.40. The number of amidine groups is 1. The number of benzene rings is 1. The van der Waals surface area contributed by atoms with Crippen LogP contribution in [0.5, 0.6) is 0 Å². The second kappa shape index (κ2) is 7.74. The molecular weight excluding hydrogens is 245 g/mol. The largest absolute Gasteiger partial charge is 0.409 e. The average molecular weight is 267 g/mol. The summed E-state index contributed by atoms with van der Waals surface area (Å²) in [6, 6.07) is 6.93. The summed E-state index contributed by atoms with van der Waals surface area (Å²) in [7, 11) is 0. The molecule has 1 rings (SSSR count). The molecule has 2 atom stereocenters. The van der Waals surface area contributed by atoms with Crippen LogP contribution in [0.15, 0.2) is 29.4 Å². The van der Waals surface area contributed by atoms with Crippen molar-refractivity contribution in [1.29, 1.82) is 0 Å². The van der Waals surface area contributed by atoms with Gasteiger partial charge in [-0.3, -0.25) is 0 Å². The van der Waals surface area contributed by atoms with Gasteiger partial charge in [-0.15, -0.1) is 0 Å². The van der Waals surface area contributed by atoms with Gasteiger partial charge in [0.2, 0.25) is 0 Å². The number of hydrogen-bond acceptors (Lipinski definition) is 3. The third kappa shape index (κ3) is 5.70. The first-order valence-corrected chi connectivity index (χ1v) is 6.52. The van der Waals surface area contributed by atoms with Crippen molar-refractivity contribution in [3.8, 4) is 0 Å². The van der Waals surface area contributed by atoms with Crippen LogP contribution in [0.1, 0.15) is 32.3 Å². The fourth-order valence-corrected chi connectivity index (χ4v) is 2.05. The van der Waals surface area contributed by atoms with Crippen molar-refractivity contribution in [1.82, 2.24) is 5.32 Å². The Kier molecular flexibility index (Phi) is 6.29. The zero-order chi connectivity index (χ0) is 14.3. The minimum Gasteiger partial charge on any atom is -0.409 e. The first kappa shape index (κ1) is 15.4. The quantitative estimate of drug-likeness (QED) is 0.307. The molecule has 19 heavy (non-hydrogen) atoms. The van der Waals surface area contributed by atoms with Crippen LogP contribution in [0.25, 0.3) is 0 Å². The number of hydrogen-bond donors (Lipinski definition) is 3. The Morgan fingerprint density at radius 2 is 2.05 bits per heavy atom. The topological polar surface area (TPSA) is 70.6 Å². The van der Waals surface area contributed by atoms with E-state index in [-0.39, 0.29) is 23.7 Å². The van der Waals surface area contributed by atoms with Gasteiger partial charge in [0, 0.05) is 18.5 Å². The Balaban J connectivity index is 2.48. The van der Waals surface area contributed by atoms with Crippen molar-refractivity contribution in [2.75, 3.05) is 0 Å². The lowest BCUT2D eigenvalue weighted by molar-refractivity contribution is 0.314. The van der Waals surface area contributed by atoms with Gasteiger partial charge in [0.05, 0.1) is 0 Å². The number of rotatable bonds is 7. The van der Waals surface area contributed by atoms with E-state index in [1.807, 2.05) is 6.92 Å². The summed E-state index contributed by atoms with van der Waals surface area (Å²) >= 11 is 0. The Bertz CT molecular complexity index is 406. The van der Waals surface area contributed by atoms with Gasteiger partial charge in [-0.2, -0.15) is 0 Å². The van der Waals surface area contributed by atoms with Gasteiger partial charge in [0.15, 0.2) is 0 Å². The summed E-state index contributed by atoms with van der Waals surface area (Å²) in [5.74, 6) is 0.0102. The molecule has 106 valence electrons. The third-order valence-electron chi connectivity index (χ3n) is 3.05. The molecule has 4 nitrogen and oxygen atoms in total. The monoisotopic (exact) mass is 267 g/mol. The van der Waals surface area contributed by atoms with Crippen molar-refractivity contribution in [3.63, 3.8) is 0 Å². The highest BCUT2D eigenvalue weighted by atomic mass is 19.1. The summed E-state index contributed by atoms with van der Waals surface area (Å²) in [5.41, 5.74) is 6.60. The molecule has 0 bridgehead atoms. The molecule has 5 heteroatoms. The lowest BCUT2D eigenvalue weighted by Gasteiger charge is -2.22. The van der Waals surface area contributed by atoms with Crippen molar-refractivity contribution >= 4 is 5.84 Å². The standard InChI is InChI=1S/C14H22FN3O/c1-3-13(9-14(16)18-19)17-10(2)8-11-4-6-12(15)7-5-11/h4-7,10,13,17,19H,3,8-9H2,1-2H3,(H2,16,18). The molecule has 2 unspecified atom stereocenters. The van der Waals surface area contributed by atoms with E-state index in [2.05, 4.69) is 17.4 Å². The second-order valence-corrected chi connectivity index (χ2v) is 4.80. The van der Waals surface area contributed by atoms with Gasteiger partial charge in [0.25, 0.3) is 0 Å². The van der Waals surface area contributed by atoms with Gasteiger partial charge < -0.3 is 16.3 Å². The molecule has 0 saturated carbocycles. The molecule has 0 fully saturated rings. The predicted molar refractivity (Wildman–Crippen MR) is 74.8 cm³/mol. The molecule has 0 aliphatic carbocycles. The Labute approximate surface area is 113 Å². The van der Waals surface area contributed by atoms with Crippen LogP contribution in [0, 0.1) is 5.82 Å². The second-order valence-electron chi connectivity index (χ2n) is 4.80. The van der Waals surface area contributed by atoms with Crippen molar-refractivity contribution in [3.05, 3.63) is 35.6 Å². The van der Waals surface area contributed by atoms with Crippen molar-refractivity contribution < 1.29 is 9.60 Å². The van der Waals surface area contributed by atoms with Gasteiger partial charge in [-0.05, 0) is 37.5 Å². The summed E-state index contributed by atoms with van der Waals surface area (Å²) in [6.07, 6.45) is 2.22. The van der Waals surface area contributed by atoms with Gasteiger partial charge >= 0.3 is 0 Å². The highest BCUT2D eigenvalue weighted by molar-refractivity contribution is 5.80. The highest BCUT2D eigenvalue weighted by Gasteiger charge is 2.12. The Morgan fingerprint density at radius 3 is 2.58 bits per heavy atom. The van der Waals surface area contributed by atoms with E-state index in [0.717, 1.165) is 18.4 Å². The molecule has 0 saturated heterocycles. The zero-order valence-corrected chi connectivity index (χ0v) is 11.4. The lowest BCUT2D eigenvalue weighted by Crippen LogP contribution is -2.40. The van der Waals surface area contributed by atoms with E-state index in [1.54, 1.807) is 12.1 Å². The molecule has 0 aliphatic rings. The molecule has 0 aliphatic heterocycles. The summed E-state index contributed by atoms with van der Waals surface area (Å²) in [6.45, 7) is 4.12. The van der Waals surface area contributed by atoms with Crippen LogP contribution < -0.4 is 11.1 Å². The van der Waals surface area contributed by atoms with E-state index in [9.17, 15) is 4.39 Å². The van der Waals surface area contributed by atoms with Crippen LogP contribution in [-0.2, 0) is 6.42 Å². The molecule has 0 amide bonds. The highest BCUT2D eigenvalue weighted by Crippen LogP contribution is 2.07. The minimum atomic E-state index is -0.220. The van der Waals surface area contributed by atoms with Crippen molar-refractivity contribution in [2.24, 2.45) is 10.9 Å². The van der Waals surface area contributed by atoms with E-state index < -0.39 is 0 Å². The number of nitrogens with one attached hydrogen (secondary N) is 1. The predicted octanol–water partition coefficient (Wildman–Crippen LogP) is 2.26. The molecule has 0 spiro atoms. The summed E-state index contributed by atoms with van der Waals surface area (Å²) in [4.78, 5) is 0. The fraction of sp³-hybridized carbons (Fsp3) is 0.500. The summed E-state index contributed by atoms with van der Waals surface area (Å²) < 4.78 is 12.8. The maximum Gasteiger partial charge on any atom is 0.140 e. The number of nitrogens with zero attached hydrogens (tertiary/aromatic N) is 1. The molecule has 1 aromatic carbocycles. The number of oxime groups is 1. The molecule has 0 radical (unpaired) electrons. The van der Waals surface area contributed by atoms with Crippen molar-refractivity contribution in [2.45, 2.75) is 45.2 Å². The number of halogens is 1. The molecule has 0 aromatic heterocycles. The minimum absolute atomic E-state index is 0.173. The van der Waals surface area contributed by atoms with Crippen LogP contribution >= 0.6 is 0 Å². The molecule has 0 heterocycles. The van der Waals surface area contributed by atoms with Gasteiger partial charge in [0.1, 0.15) is 11.7 Å². The first-order valence-electron chi connectivity index (χ1n) is 6.52. The lowest BCUT2D eigenvalue weighted by atomic mass is 10.0. The van der Waals surface area contributed by atoms with E-state index >= 15 is 0 Å². The Hall–Kier alpha value is -1.62. The van der Waals surface area contributed by atoms with Gasteiger partial charge in [-0.1, -0.05) is 24.2 Å². The molecule has 4 N–H and O–H groups in total. The zero-order valence-electron chi connectivity index (χ0n) is 11.4. The van der Waals surface area contributed by atoms with E-state index in [1.165, 1.54) is 12.1 Å². The molecular formula is C14H22FN3O. The van der Waals surface area contributed by atoms with Crippen LogP contribution in [0.3, 0.4) is 0 Å². The smallest absolute Gasteiger partial charge is 0.140 e. The van der Waals surface area contributed by atoms with Crippen LogP contribution in [0.2, 0.25) is 0 Å².